The Hall–Kier alpha value is -1.29. The highest BCUT2D eigenvalue weighted by Gasteiger charge is 2.42. The van der Waals surface area contributed by atoms with Gasteiger partial charge in [-0.3, -0.25) is 0 Å². The van der Waals surface area contributed by atoms with Crippen molar-refractivity contribution in [1.82, 2.24) is 5.32 Å². The van der Waals surface area contributed by atoms with E-state index in [2.05, 4.69) is 5.32 Å². The van der Waals surface area contributed by atoms with Gasteiger partial charge in [0.15, 0.2) is 0 Å². The third kappa shape index (κ3) is 1.94. The number of nitrogens with one attached hydrogen (secondary N) is 1. The summed E-state index contributed by atoms with van der Waals surface area (Å²) in [6, 6.07) is 5.35. The Kier molecular flexibility index (Phi) is 2.90. The zero-order valence-corrected chi connectivity index (χ0v) is 10.5. The molecule has 0 amide bonds. The lowest BCUT2D eigenvalue weighted by Crippen LogP contribution is -2.48. The van der Waals surface area contributed by atoms with Gasteiger partial charge in [-0.05, 0) is 38.1 Å². The number of piperidine rings is 1. The van der Waals surface area contributed by atoms with E-state index in [-0.39, 0.29) is 5.60 Å². The summed E-state index contributed by atoms with van der Waals surface area (Å²) in [6.07, 6.45) is 1.26. The Morgan fingerprint density at radius 2 is 2.17 bits per heavy atom. The number of hydrogen-bond acceptors (Lipinski definition) is 3. The molecule has 1 aromatic rings. The molecule has 1 saturated heterocycles. The average molecular weight is 251 g/mol. The Balaban J connectivity index is 1.94. The van der Waals surface area contributed by atoms with Crippen LogP contribution in [-0.4, -0.2) is 25.8 Å². The largest absolute Gasteiger partial charge is 0.497 e. The highest BCUT2D eigenvalue weighted by atomic mass is 19.1. The SMILES string of the molecule is COc1ccc2c(c1)OC1(CCNCC1)CC2F. The van der Waals surface area contributed by atoms with Gasteiger partial charge < -0.3 is 14.8 Å². The molecule has 0 radical (unpaired) electrons. The first-order valence-corrected chi connectivity index (χ1v) is 6.44. The predicted octanol–water partition coefficient (Wildman–Crippen LogP) is 2.61. The summed E-state index contributed by atoms with van der Waals surface area (Å²) in [5.74, 6) is 1.36. The van der Waals surface area contributed by atoms with Crippen molar-refractivity contribution in [2.45, 2.75) is 31.0 Å². The van der Waals surface area contributed by atoms with Crippen molar-refractivity contribution < 1.29 is 13.9 Å². The molecule has 2 aliphatic rings. The van der Waals surface area contributed by atoms with Crippen molar-refractivity contribution in [2.75, 3.05) is 20.2 Å². The Bertz CT molecular complexity index is 443. The second kappa shape index (κ2) is 4.43. The van der Waals surface area contributed by atoms with Gasteiger partial charge in [-0.25, -0.2) is 4.39 Å². The molecule has 1 spiro atoms. The van der Waals surface area contributed by atoms with Crippen LogP contribution < -0.4 is 14.8 Å². The highest BCUT2D eigenvalue weighted by Crippen LogP contribution is 2.46. The first-order chi connectivity index (χ1) is 8.72. The molecule has 1 aromatic carbocycles. The molecule has 1 unspecified atom stereocenters. The molecule has 3 rings (SSSR count). The van der Waals surface area contributed by atoms with E-state index in [1.54, 1.807) is 25.3 Å². The molecule has 2 aliphatic heterocycles. The summed E-state index contributed by atoms with van der Waals surface area (Å²) in [5.41, 5.74) is 0.323. The number of benzene rings is 1. The third-order valence-corrected chi connectivity index (χ3v) is 3.95. The molecule has 1 fully saturated rings. The normalized spacial score (nSPS) is 25.3. The predicted molar refractivity (Wildman–Crippen MR) is 66.9 cm³/mol. The number of halogens is 1. The smallest absolute Gasteiger partial charge is 0.132 e. The van der Waals surface area contributed by atoms with Crippen LogP contribution in [0.1, 0.15) is 31.0 Å². The number of rotatable bonds is 1. The van der Waals surface area contributed by atoms with E-state index in [1.807, 2.05) is 0 Å². The maximum atomic E-state index is 14.3. The number of alkyl halides is 1. The van der Waals surface area contributed by atoms with Gasteiger partial charge in [0.1, 0.15) is 23.3 Å². The van der Waals surface area contributed by atoms with Gasteiger partial charge in [0.25, 0.3) is 0 Å². The Morgan fingerprint density at radius 3 is 2.89 bits per heavy atom. The molecular weight excluding hydrogens is 233 g/mol. The fraction of sp³-hybridized carbons (Fsp3) is 0.571. The minimum atomic E-state index is -0.933. The number of hydrogen-bond donors (Lipinski definition) is 1. The van der Waals surface area contributed by atoms with E-state index < -0.39 is 6.17 Å². The molecule has 18 heavy (non-hydrogen) atoms. The fourth-order valence-electron chi connectivity index (χ4n) is 2.89. The highest BCUT2D eigenvalue weighted by molar-refractivity contribution is 5.44. The number of fused-ring (bicyclic) bond motifs is 1. The van der Waals surface area contributed by atoms with Gasteiger partial charge >= 0.3 is 0 Å². The molecule has 0 aromatic heterocycles. The summed E-state index contributed by atoms with van der Waals surface area (Å²) in [7, 11) is 1.61. The van der Waals surface area contributed by atoms with Gasteiger partial charge in [-0.15, -0.1) is 0 Å². The van der Waals surface area contributed by atoms with Crippen LogP contribution in [0.5, 0.6) is 11.5 Å². The van der Waals surface area contributed by atoms with Crippen molar-refractivity contribution in [2.24, 2.45) is 0 Å². The van der Waals surface area contributed by atoms with E-state index in [0.717, 1.165) is 25.9 Å². The van der Waals surface area contributed by atoms with E-state index in [0.29, 0.717) is 23.5 Å². The molecular formula is C14H18FNO2. The first-order valence-electron chi connectivity index (χ1n) is 6.44. The molecule has 1 atom stereocenters. The van der Waals surface area contributed by atoms with Gasteiger partial charge in [0.05, 0.1) is 7.11 Å². The van der Waals surface area contributed by atoms with Gasteiger partial charge in [0.2, 0.25) is 0 Å². The summed E-state index contributed by atoms with van der Waals surface area (Å²) >= 11 is 0. The fourth-order valence-corrected chi connectivity index (χ4v) is 2.89. The molecule has 0 saturated carbocycles. The van der Waals surface area contributed by atoms with E-state index in [1.165, 1.54) is 0 Å². The van der Waals surface area contributed by atoms with Crippen LogP contribution in [0, 0.1) is 0 Å². The molecule has 98 valence electrons. The molecule has 2 heterocycles. The first kappa shape index (κ1) is 11.8. The van der Waals surface area contributed by atoms with Gasteiger partial charge in [0, 0.05) is 18.1 Å². The van der Waals surface area contributed by atoms with Gasteiger partial charge in [-0.2, -0.15) is 0 Å². The second-order valence-electron chi connectivity index (χ2n) is 5.11. The lowest BCUT2D eigenvalue weighted by atomic mass is 9.83. The number of methoxy groups -OCH3 is 1. The minimum Gasteiger partial charge on any atom is -0.497 e. The van der Waals surface area contributed by atoms with E-state index in [4.69, 9.17) is 9.47 Å². The quantitative estimate of drug-likeness (QED) is 0.832. The van der Waals surface area contributed by atoms with Crippen LogP contribution in [0.2, 0.25) is 0 Å². The summed E-state index contributed by atoms with van der Waals surface area (Å²) in [4.78, 5) is 0. The van der Waals surface area contributed by atoms with E-state index >= 15 is 0 Å². The van der Waals surface area contributed by atoms with E-state index in [9.17, 15) is 4.39 Å². The summed E-state index contributed by atoms with van der Waals surface area (Å²) < 4.78 is 25.6. The van der Waals surface area contributed by atoms with Crippen LogP contribution in [0.25, 0.3) is 0 Å². The number of ether oxygens (including phenoxy) is 2. The molecule has 3 nitrogen and oxygen atoms in total. The zero-order valence-electron chi connectivity index (χ0n) is 10.5. The standard InChI is InChI=1S/C14H18FNO2/c1-17-10-2-3-11-12(15)9-14(18-13(11)8-10)4-6-16-7-5-14/h2-3,8,12,16H,4-7,9H2,1H3. The maximum absolute atomic E-state index is 14.3. The maximum Gasteiger partial charge on any atom is 0.132 e. The molecule has 4 heteroatoms. The monoisotopic (exact) mass is 251 g/mol. The lowest BCUT2D eigenvalue weighted by Gasteiger charge is -2.42. The molecule has 0 aliphatic carbocycles. The second-order valence-corrected chi connectivity index (χ2v) is 5.11. The topological polar surface area (TPSA) is 30.5 Å². The van der Waals surface area contributed by atoms with Crippen LogP contribution in [0.4, 0.5) is 4.39 Å². The summed E-state index contributed by atoms with van der Waals surface area (Å²) in [6.45, 7) is 1.79. The van der Waals surface area contributed by atoms with Crippen LogP contribution in [0.15, 0.2) is 18.2 Å². The minimum absolute atomic E-state index is 0.329. The lowest BCUT2D eigenvalue weighted by molar-refractivity contribution is -0.0122. The van der Waals surface area contributed by atoms with Crippen LogP contribution >= 0.6 is 0 Å². The molecule has 1 N–H and O–H groups in total. The van der Waals surface area contributed by atoms with Crippen molar-refractivity contribution in [3.63, 3.8) is 0 Å². The summed E-state index contributed by atoms with van der Waals surface area (Å²) in [5, 5.41) is 3.29. The van der Waals surface area contributed by atoms with Crippen molar-refractivity contribution in [3.8, 4) is 11.5 Å². The van der Waals surface area contributed by atoms with Crippen molar-refractivity contribution in [3.05, 3.63) is 23.8 Å². The van der Waals surface area contributed by atoms with Crippen molar-refractivity contribution >= 4 is 0 Å². The van der Waals surface area contributed by atoms with Crippen molar-refractivity contribution in [1.29, 1.82) is 0 Å². The van der Waals surface area contributed by atoms with Crippen LogP contribution in [0.3, 0.4) is 0 Å². The van der Waals surface area contributed by atoms with Crippen LogP contribution in [-0.2, 0) is 0 Å². The average Bonchev–Trinajstić information content (AvgIpc) is 2.38. The zero-order chi connectivity index (χ0) is 12.6. The third-order valence-electron chi connectivity index (χ3n) is 3.95. The Labute approximate surface area is 106 Å². The molecule has 0 bridgehead atoms. The van der Waals surface area contributed by atoms with Gasteiger partial charge in [-0.1, -0.05) is 0 Å². The Morgan fingerprint density at radius 1 is 1.39 bits per heavy atom.